The molecule has 4 aromatic rings. The van der Waals surface area contributed by atoms with Crippen molar-refractivity contribution in [1.82, 2.24) is 9.97 Å². The minimum atomic E-state index is -0.125. The van der Waals surface area contributed by atoms with Gasteiger partial charge in [0.1, 0.15) is 17.3 Å². The molecule has 2 aromatic heterocycles. The van der Waals surface area contributed by atoms with Crippen LogP contribution >= 0.6 is 11.3 Å². The summed E-state index contributed by atoms with van der Waals surface area (Å²) in [6, 6.07) is 19.9. The largest absolute Gasteiger partial charge is 0.469 e. The molecule has 5 rings (SSSR count). The van der Waals surface area contributed by atoms with Crippen molar-refractivity contribution >= 4 is 27.3 Å². The van der Waals surface area contributed by atoms with Gasteiger partial charge in [-0.05, 0) is 30.6 Å². The second-order valence-electron chi connectivity index (χ2n) is 8.31. The number of hydrogen-bond donors (Lipinski definition) is 0. The van der Waals surface area contributed by atoms with Crippen LogP contribution in [0.3, 0.4) is 0 Å². The Bertz CT molecular complexity index is 1490. The van der Waals surface area contributed by atoms with E-state index in [0.29, 0.717) is 36.0 Å². The molecule has 0 aliphatic heterocycles. The molecule has 0 saturated heterocycles. The van der Waals surface area contributed by atoms with Gasteiger partial charge in [0.15, 0.2) is 11.6 Å². The summed E-state index contributed by atoms with van der Waals surface area (Å²) in [7, 11) is 0. The summed E-state index contributed by atoms with van der Waals surface area (Å²) < 4.78 is 19.4. The highest BCUT2D eigenvalue weighted by Crippen LogP contribution is 2.39. The Kier molecular flexibility index (Phi) is 7.00. The van der Waals surface area contributed by atoms with Crippen LogP contribution in [0.4, 0.5) is 4.39 Å². The van der Waals surface area contributed by atoms with Gasteiger partial charge >= 0.3 is 0 Å². The zero-order valence-electron chi connectivity index (χ0n) is 19.8. The molecule has 0 bridgehead atoms. The number of hydrogen-bond acceptors (Lipinski definition) is 6. The summed E-state index contributed by atoms with van der Waals surface area (Å²) >= 11 is 1.55. The van der Waals surface area contributed by atoms with Gasteiger partial charge in [0, 0.05) is 22.9 Å². The van der Waals surface area contributed by atoms with Gasteiger partial charge < -0.3 is 9.57 Å². The lowest BCUT2D eigenvalue weighted by Gasteiger charge is -2.12. The van der Waals surface area contributed by atoms with E-state index in [0.717, 1.165) is 32.5 Å². The number of aromatic nitrogens is 2. The predicted molar refractivity (Wildman–Crippen MR) is 144 cm³/mol. The van der Waals surface area contributed by atoms with Crippen LogP contribution in [0.15, 0.2) is 107 Å². The molecule has 2 heterocycles. The SMILES string of the molecule is C=C(COc1nc(-c2ccccc2)nc2scc(-c3ccccc3)c12)ON=C(C)C1=CC=C(F)CC1. The van der Waals surface area contributed by atoms with E-state index in [2.05, 4.69) is 29.2 Å². The van der Waals surface area contributed by atoms with E-state index < -0.39 is 0 Å². The molecule has 0 spiro atoms. The second-order valence-corrected chi connectivity index (χ2v) is 9.17. The zero-order chi connectivity index (χ0) is 24.9. The van der Waals surface area contributed by atoms with Crippen molar-refractivity contribution in [3.05, 3.63) is 102 Å². The molecule has 7 heteroatoms. The van der Waals surface area contributed by atoms with Crippen molar-refractivity contribution in [3.8, 4) is 28.4 Å². The van der Waals surface area contributed by atoms with Crippen LogP contribution in [0, 0.1) is 0 Å². The Labute approximate surface area is 212 Å². The van der Waals surface area contributed by atoms with Crippen LogP contribution in [0.25, 0.3) is 32.7 Å². The van der Waals surface area contributed by atoms with E-state index in [-0.39, 0.29) is 12.4 Å². The first-order valence-corrected chi connectivity index (χ1v) is 12.4. The number of thiophene rings is 1. The summed E-state index contributed by atoms with van der Waals surface area (Å²) in [5, 5.41) is 7.07. The predicted octanol–water partition coefficient (Wildman–Crippen LogP) is 7.88. The molecule has 0 unspecified atom stereocenters. The van der Waals surface area contributed by atoms with Gasteiger partial charge in [-0.1, -0.05) is 78.5 Å². The van der Waals surface area contributed by atoms with Crippen molar-refractivity contribution in [2.45, 2.75) is 19.8 Å². The fraction of sp³-hybridized carbons (Fsp3) is 0.138. The standard InChI is InChI=1S/C29H24FN3O2S/c1-19(35-33-20(2)21-13-15-24(30)16-14-21)17-34-28-26-25(22-9-5-3-6-10-22)18-36-29(26)32-27(31-28)23-11-7-4-8-12-23/h3-13,15,18H,1,14,16-17H2,2H3. The lowest BCUT2D eigenvalue weighted by Crippen LogP contribution is -2.06. The third-order valence-electron chi connectivity index (χ3n) is 5.76. The average Bonchev–Trinajstić information content (AvgIpc) is 3.36. The Balaban J connectivity index is 1.41. The molecular weight excluding hydrogens is 473 g/mol. The van der Waals surface area contributed by atoms with E-state index in [1.165, 1.54) is 6.08 Å². The van der Waals surface area contributed by atoms with Crippen LogP contribution in [0.5, 0.6) is 5.88 Å². The average molecular weight is 498 g/mol. The highest BCUT2D eigenvalue weighted by molar-refractivity contribution is 7.17. The number of oxime groups is 1. The number of nitrogens with zero attached hydrogens (tertiary/aromatic N) is 3. The molecular formula is C29H24FN3O2S. The van der Waals surface area contributed by atoms with Gasteiger partial charge in [-0.3, -0.25) is 0 Å². The molecule has 0 saturated carbocycles. The normalized spacial score (nSPS) is 13.8. The Morgan fingerprint density at radius 2 is 1.72 bits per heavy atom. The van der Waals surface area contributed by atoms with Gasteiger partial charge in [-0.25, -0.2) is 9.37 Å². The Morgan fingerprint density at radius 3 is 2.42 bits per heavy atom. The number of ether oxygens (including phenoxy) is 1. The maximum absolute atomic E-state index is 13.3. The van der Waals surface area contributed by atoms with Crippen LogP contribution in [-0.4, -0.2) is 22.3 Å². The van der Waals surface area contributed by atoms with Crippen molar-refractivity contribution in [1.29, 1.82) is 0 Å². The monoisotopic (exact) mass is 497 g/mol. The third kappa shape index (κ3) is 5.26. The number of halogens is 1. The maximum Gasteiger partial charge on any atom is 0.227 e. The zero-order valence-corrected chi connectivity index (χ0v) is 20.6. The van der Waals surface area contributed by atoms with Crippen LogP contribution < -0.4 is 4.74 Å². The fourth-order valence-corrected chi connectivity index (χ4v) is 4.78. The molecule has 1 aliphatic rings. The molecule has 0 atom stereocenters. The van der Waals surface area contributed by atoms with E-state index in [1.54, 1.807) is 17.4 Å². The highest BCUT2D eigenvalue weighted by Gasteiger charge is 2.18. The molecule has 1 aliphatic carbocycles. The first kappa shape index (κ1) is 23.6. The van der Waals surface area contributed by atoms with Crippen LogP contribution in [0.2, 0.25) is 0 Å². The first-order valence-electron chi connectivity index (χ1n) is 11.6. The summed E-state index contributed by atoms with van der Waals surface area (Å²) in [5.41, 5.74) is 4.59. The minimum Gasteiger partial charge on any atom is -0.469 e. The van der Waals surface area contributed by atoms with E-state index in [1.807, 2.05) is 55.5 Å². The molecule has 0 radical (unpaired) electrons. The number of benzene rings is 2. The van der Waals surface area contributed by atoms with E-state index in [4.69, 9.17) is 19.5 Å². The van der Waals surface area contributed by atoms with E-state index >= 15 is 0 Å². The smallest absolute Gasteiger partial charge is 0.227 e. The summed E-state index contributed by atoms with van der Waals surface area (Å²) in [4.78, 5) is 15.9. The van der Waals surface area contributed by atoms with Crippen molar-refractivity contribution in [2.75, 3.05) is 6.61 Å². The Hall–Kier alpha value is -4.10. The van der Waals surface area contributed by atoms with Gasteiger partial charge in [0.25, 0.3) is 0 Å². The molecule has 36 heavy (non-hydrogen) atoms. The minimum absolute atomic E-state index is 0.0643. The van der Waals surface area contributed by atoms with Gasteiger partial charge in [0.05, 0.1) is 11.1 Å². The third-order valence-corrected chi connectivity index (χ3v) is 6.63. The Morgan fingerprint density at radius 1 is 1.00 bits per heavy atom. The molecule has 0 N–H and O–H groups in total. The summed E-state index contributed by atoms with van der Waals surface area (Å²) in [5.74, 6) is 1.25. The number of allylic oxidation sites excluding steroid dienone is 4. The number of rotatable bonds is 8. The lowest BCUT2D eigenvalue weighted by atomic mass is 10.0. The molecule has 180 valence electrons. The molecule has 5 nitrogen and oxygen atoms in total. The van der Waals surface area contributed by atoms with Crippen molar-refractivity contribution in [3.63, 3.8) is 0 Å². The maximum atomic E-state index is 13.3. The van der Waals surface area contributed by atoms with Crippen LogP contribution in [-0.2, 0) is 4.84 Å². The quantitative estimate of drug-likeness (QED) is 0.141. The second kappa shape index (κ2) is 10.7. The molecule has 0 fully saturated rings. The summed E-state index contributed by atoms with van der Waals surface area (Å²) in [6.45, 7) is 5.83. The fourth-order valence-electron chi connectivity index (χ4n) is 3.84. The van der Waals surface area contributed by atoms with Crippen LogP contribution in [0.1, 0.15) is 19.8 Å². The molecule has 2 aromatic carbocycles. The lowest BCUT2D eigenvalue weighted by molar-refractivity contribution is 0.178. The van der Waals surface area contributed by atoms with Crippen molar-refractivity contribution in [2.24, 2.45) is 5.16 Å². The first-order chi connectivity index (χ1) is 17.6. The van der Waals surface area contributed by atoms with Crippen molar-refractivity contribution < 1.29 is 14.0 Å². The van der Waals surface area contributed by atoms with Gasteiger partial charge in [-0.2, -0.15) is 4.98 Å². The number of fused-ring (bicyclic) bond motifs is 1. The van der Waals surface area contributed by atoms with Gasteiger partial charge in [-0.15, -0.1) is 11.3 Å². The molecule has 0 amide bonds. The van der Waals surface area contributed by atoms with Gasteiger partial charge in [0.2, 0.25) is 5.88 Å². The summed E-state index contributed by atoms with van der Waals surface area (Å²) in [6.07, 6.45) is 4.16. The highest BCUT2D eigenvalue weighted by atomic mass is 32.1. The van der Waals surface area contributed by atoms with E-state index in [9.17, 15) is 4.39 Å². The topological polar surface area (TPSA) is 56.6 Å².